The Morgan fingerprint density at radius 1 is 0.138 bits per heavy atom. The maximum atomic E-state index is 5.25. The van der Waals surface area contributed by atoms with Gasteiger partial charge >= 0.3 is 0 Å². The number of aromatic nitrogens is 8. The second-order valence-electron chi connectivity index (χ2n) is 30.5. The van der Waals surface area contributed by atoms with Crippen LogP contribution in [0.25, 0.3) is 231 Å². The zero-order valence-corrected chi connectivity index (χ0v) is 62.7. The van der Waals surface area contributed by atoms with Crippen molar-refractivity contribution >= 4 is 163 Å². The van der Waals surface area contributed by atoms with E-state index < -0.39 is 0 Å². The summed E-state index contributed by atoms with van der Waals surface area (Å²) in [4.78, 5) is 20.8. The average molecular weight is 1480 g/mol. The molecule has 116 heavy (non-hydrogen) atoms. The standard InChI is InChI=1S/C56H34N4.C52H32N4/c1-2-12-36-29-41(23-21-35(36)11-1)55-56(58-50-18-8-7-17-49(50)57-55)42-24-22-40-31-43(26-25-39(40)30-42)60-53-28-27-44(34-48(53)47-32-37-13-3-4-14-38(37)33-54(47)60)59-51-19-9-5-15-45(51)46-16-6-10-20-52(46)59;1-2-12-33(13-3-1)51-52(54-46-19-9-8-18-45(46)53-51)38-23-22-37-29-39(25-24-36(37)28-38)56-49-27-26-40(32-44(49)43-30-34-14-4-5-15-35(34)31-50(43)56)55-47-20-10-6-16-41(47)42-17-7-11-21-48(42)55/h1-34H;1-32H. The van der Waals surface area contributed by atoms with Crippen LogP contribution >= 0.6 is 0 Å². The molecule has 8 heteroatoms. The number of para-hydroxylation sites is 8. The molecule has 0 spiro atoms. The van der Waals surface area contributed by atoms with Crippen molar-refractivity contribution in [2.45, 2.75) is 0 Å². The van der Waals surface area contributed by atoms with E-state index in [0.717, 1.165) is 106 Å². The lowest BCUT2D eigenvalue weighted by atomic mass is 9.98. The Morgan fingerprint density at radius 2 is 0.388 bits per heavy atom. The minimum atomic E-state index is 0.878. The van der Waals surface area contributed by atoms with Crippen molar-refractivity contribution in [1.29, 1.82) is 0 Å². The largest absolute Gasteiger partial charge is 0.309 e. The van der Waals surface area contributed by atoms with Crippen molar-refractivity contribution < 1.29 is 0 Å². The predicted molar refractivity (Wildman–Crippen MR) is 486 cm³/mol. The first-order valence-electron chi connectivity index (χ1n) is 39.6. The number of rotatable bonds is 8. The molecule has 0 saturated carbocycles. The summed E-state index contributed by atoms with van der Waals surface area (Å²) in [7, 11) is 0. The lowest BCUT2D eigenvalue weighted by Gasteiger charge is -2.13. The van der Waals surface area contributed by atoms with Gasteiger partial charge in [0.15, 0.2) is 0 Å². The average Bonchev–Trinajstić information content (AvgIpc) is 1.56. The van der Waals surface area contributed by atoms with Crippen molar-refractivity contribution in [3.8, 4) is 67.8 Å². The third kappa shape index (κ3) is 10.5. The van der Waals surface area contributed by atoms with Crippen LogP contribution in [-0.2, 0) is 0 Å². The van der Waals surface area contributed by atoms with Gasteiger partial charge in [-0.2, -0.15) is 0 Å². The fourth-order valence-corrected chi connectivity index (χ4v) is 18.4. The quantitative estimate of drug-likeness (QED) is 0.152. The first-order valence-corrected chi connectivity index (χ1v) is 39.6. The molecule has 0 aliphatic heterocycles. The molecule has 0 atom stereocenters. The van der Waals surface area contributed by atoms with E-state index in [1.807, 2.05) is 54.6 Å². The number of hydrogen-bond donors (Lipinski definition) is 0. The third-order valence-electron chi connectivity index (χ3n) is 23.8. The fraction of sp³-hybridized carbons (Fsp3) is 0. The molecule has 19 aromatic carbocycles. The maximum Gasteiger partial charge on any atom is 0.0973 e. The van der Waals surface area contributed by atoms with Gasteiger partial charge in [-0.3, -0.25) is 0 Å². The second kappa shape index (κ2) is 26.0. The van der Waals surface area contributed by atoms with Gasteiger partial charge in [0.05, 0.1) is 89.0 Å². The maximum absolute atomic E-state index is 5.25. The van der Waals surface area contributed by atoms with Crippen LogP contribution in [0.1, 0.15) is 0 Å². The molecule has 0 radical (unpaired) electrons. The highest BCUT2D eigenvalue weighted by Gasteiger charge is 2.23. The molecule has 25 aromatic rings. The Kier molecular flexibility index (Phi) is 14.6. The second-order valence-corrected chi connectivity index (χ2v) is 30.5. The molecular weight excluding hydrogens is 1410 g/mol. The monoisotopic (exact) mass is 1470 g/mol. The van der Waals surface area contributed by atoms with E-state index in [-0.39, 0.29) is 0 Å². The highest BCUT2D eigenvalue weighted by Crippen LogP contribution is 2.44. The van der Waals surface area contributed by atoms with Gasteiger partial charge in [0, 0.05) is 88.1 Å². The molecule has 0 aliphatic carbocycles. The van der Waals surface area contributed by atoms with Gasteiger partial charge in [0.2, 0.25) is 0 Å². The molecule has 0 bridgehead atoms. The van der Waals surface area contributed by atoms with Crippen LogP contribution in [0.4, 0.5) is 0 Å². The van der Waals surface area contributed by atoms with Crippen molar-refractivity contribution in [2.75, 3.05) is 0 Å². The first kappa shape index (κ1) is 65.1. The van der Waals surface area contributed by atoms with E-state index >= 15 is 0 Å². The van der Waals surface area contributed by atoms with Gasteiger partial charge in [0.25, 0.3) is 0 Å². The Bertz CT molecular complexity index is 8320. The molecule has 0 N–H and O–H groups in total. The molecule has 0 aliphatic rings. The molecule has 6 heterocycles. The third-order valence-corrected chi connectivity index (χ3v) is 23.8. The zero-order valence-electron chi connectivity index (χ0n) is 62.7. The van der Waals surface area contributed by atoms with Gasteiger partial charge < -0.3 is 18.3 Å². The van der Waals surface area contributed by atoms with Gasteiger partial charge in [-0.05, 0) is 206 Å². The molecule has 0 amide bonds. The van der Waals surface area contributed by atoms with Crippen LogP contribution in [0, 0.1) is 0 Å². The molecule has 0 unspecified atom stereocenters. The van der Waals surface area contributed by atoms with Crippen LogP contribution in [0.15, 0.2) is 400 Å². The molecule has 0 saturated heterocycles. The fourth-order valence-electron chi connectivity index (χ4n) is 18.4. The van der Waals surface area contributed by atoms with Crippen LogP contribution in [0.5, 0.6) is 0 Å². The minimum absolute atomic E-state index is 0.878. The Labute approximate surface area is 665 Å². The summed E-state index contributed by atoms with van der Waals surface area (Å²) in [6.45, 7) is 0. The van der Waals surface area contributed by atoms with Crippen LogP contribution in [-0.4, -0.2) is 38.2 Å². The predicted octanol–water partition coefficient (Wildman–Crippen LogP) is 28.1. The summed E-state index contributed by atoms with van der Waals surface area (Å²) in [6.07, 6.45) is 0. The molecule has 0 fully saturated rings. The van der Waals surface area contributed by atoms with Gasteiger partial charge in [-0.15, -0.1) is 0 Å². The normalized spacial score (nSPS) is 12.0. The smallest absolute Gasteiger partial charge is 0.0973 e. The molecule has 8 nitrogen and oxygen atoms in total. The number of hydrogen-bond acceptors (Lipinski definition) is 4. The van der Waals surface area contributed by atoms with Crippen LogP contribution in [0.3, 0.4) is 0 Å². The summed E-state index contributed by atoms with van der Waals surface area (Å²) in [5.74, 6) is 0. The van der Waals surface area contributed by atoms with Gasteiger partial charge in [0.1, 0.15) is 0 Å². The van der Waals surface area contributed by atoms with E-state index in [1.165, 1.54) is 125 Å². The van der Waals surface area contributed by atoms with Crippen molar-refractivity contribution in [3.63, 3.8) is 0 Å². The summed E-state index contributed by atoms with van der Waals surface area (Å²) in [6, 6.07) is 144. The number of fused-ring (bicyclic) bond motifs is 19. The molecule has 538 valence electrons. The van der Waals surface area contributed by atoms with E-state index in [1.54, 1.807) is 0 Å². The zero-order chi connectivity index (χ0) is 76.1. The van der Waals surface area contributed by atoms with Crippen molar-refractivity contribution in [3.05, 3.63) is 400 Å². The summed E-state index contributed by atoms with van der Waals surface area (Å²) < 4.78 is 9.69. The Morgan fingerprint density at radius 3 is 0.784 bits per heavy atom. The Balaban J connectivity index is 0.000000134. The summed E-state index contributed by atoms with van der Waals surface area (Å²) in [5.41, 5.74) is 25.4. The van der Waals surface area contributed by atoms with Gasteiger partial charge in [-0.25, -0.2) is 19.9 Å². The van der Waals surface area contributed by atoms with E-state index in [9.17, 15) is 0 Å². The topological polar surface area (TPSA) is 71.3 Å². The first-order chi connectivity index (χ1) is 57.5. The highest BCUT2D eigenvalue weighted by atomic mass is 15.0. The Hall–Kier alpha value is -15.6. The van der Waals surface area contributed by atoms with E-state index in [2.05, 4.69) is 364 Å². The summed E-state index contributed by atoms with van der Waals surface area (Å²) >= 11 is 0. The molecular formula is C108H66N8. The number of benzene rings is 19. The lowest BCUT2D eigenvalue weighted by Crippen LogP contribution is -1.97. The summed E-state index contributed by atoms with van der Waals surface area (Å²) in [5, 5.41) is 21.9. The van der Waals surface area contributed by atoms with E-state index in [4.69, 9.17) is 19.9 Å². The highest BCUT2D eigenvalue weighted by molar-refractivity contribution is 6.18. The number of nitrogens with zero attached hydrogens (tertiary/aromatic N) is 8. The molecule has 25 rings (SSSR count). The minimum Gasteiger partial charge on any atom is -0.309 e. The van der Waals surface area contributed by atoms with Gasteiger partial charge in [-0.1, -0.05) is 249 Å². The lowest BCUT2D eigenvalue weighted by molar-refractivity contribution is 1.17. The van der Waals surface area contributed by atoms with E-state index in [0.29, 0.717) is 0 Å². The van der Waals surface area contributed by atoms with Crippen molar-refractivity contribution in [2.24, 2.45) is 0 Å². The SMILES string of the molecule is c1ccc(-c2nc3ccccc3nc2-c2ccc3cc(-n4c5ccc(-n6c7ccccc7c7ccccc76)cc5c5cc6ccccc6cc54)ccc3c2)cc1.c1ccc2cc(-c3nc4ccccc4nc3-c3ccc4cc(-n5c6ccc(-n7c8ccccc8c8ccccc87)cc6c6cc7ccccc7cc65)ccc4c3)ccc2c1. The van der Waals surface area contributed by atoms with Crippen LogP contribution < -0.4 is 0 Å². The van der Waals surface area contributed by atoms with Crippen molar-refractivity contribution in [1.82, 2.24) is 38.2 Å². The molecule has 6 aromatic heterocycles. The van der Waals surface area contributed by atoms with Crippen LogP contribution in [0.2, 0.25) is 0 Å².